The van der Waals surface area contributed by atoms with Crippen molar-refractivity contribution >= 4 is 63.8 Å². The summed E-state index contributed by atoms with van der Waals surface area (Å²) in [5.41, 5.74) is 3.98. The molecule has 2 heterocycles. The summed E-state index contributed by atoms with van der Waals surface area (Å²) in [4.78, 5) is 26.0. The Morgan fingerprint density at radius 3 is 2.97 bits per heavy atom. The molecular formula is C19H26Cl2N6O3S2. The second kappa shape index (κ2) is 12.8. The highest BCUT2D eigenvalue weighted by atomic mass is 35.5. The van der Waals surface area contributed by atoms with Crippen molar-refractivity contribution in [2.75, 3.05) is 38.5 Å². The van der Waals surface area contributed by atoms with Gasteiger partial charge in [0.1, 0.15) is 4.71 Å². The molecule has 0 spiro atoms. The van der Waals surface area contributed by atoms with Crippen LogP contribution in [0.4, 0.5) is 4.79 Å². The molecule has 0 radical (unpaired) electrons. The number of carbonyl (C=O) groups is 2. The third-order valence-corrected chi connectivity index (χ3v) is 7.56. The van der Waals surface area contributed by atoms with Crippen molar-refractivity contribution in [2.45, 2.75) is 24.3 Å². The Labute approximate surface area is 205 Å². The molecule has 1 aromatic rings. The van der Waals surface area contributed by atoms with E-state index in [0.29, 0.717) is 34.9 Å². The Bertz CT molecular complexity index is 847. The molecule has 13 heteroatoms. The van der Waals surface area contributed by atoms with E-state index in [-0.39, 0.29) is 28.5 Å². The maximum atomic E-state index is 12.2. The number of morpholine rings is 1. The van der Waals surface area contributed by atoms with Gasteiger partial charge in [0.05, 0.1) is 28.5 Å². The van der Waals surface area contributed by atoms with E-state index in [1.54, 1.807) is 6.07 Å². The fourth-order valence-electron chi connectivity index (χ4n) is 3.07. The lowest BCUT2D eigenvalue weighted by atomic mass is 10.2. The molecule has 1 saturated heterocycles. The molecule has 2 aliphatic rings. The normalized spacial score (nSPS) is 20.9. The van der Waals surface area contributed by atoms with E-state index in [4.69, 9.17) is 27.9 Å². The summed E-state index contributed by atoms with van der Waals surface area (Å²) in [6.45, 7) is 5.71. The predicted molar refractivity (Wildman–Crippen MR) is 131 cm³/mol. The third-order valence-electron chi connectivity index (χ3n) is 4.55. The fraction of sp³-hybridized carbons (Fsp3) is 0.526. The molecule has 1 aromatic carbocycles. The average Bonchev–Trinajstić information content (AvgIpc) is 3.21. The summed E-state index contributed by atoms with van der Waals surface area (Å²) in [6, 6.07) is 5.35. The third kappa shape index (κ3) is 8.20. The van der Waals surface area contributed by atoms with Crippen molar-refractivity contribution in [2.24, 2.45) is 5.10 Å². The molecule has 0 bridgehead atoms. The van der Waals surface area contributed by atoms with Crippen LogP contribution in [-0.2, 0) is 16.1 Å². The van der Waals surface area contributed by atoms with Gasteiger partial charge in [0.25, 0.3) is 0 Å². The van der Waals surface area contributed by atoms with Gasteiger partial charge in [-0.25, -0.2) is 4.79 Å². The number of hydrazone groups is 1. The van der Waals surface area contributed by atoms with Crippen molar-refractivity contribution in [1.29, 1.82) is 0 Å². The molecule has 3 rings (SSSR count). The Kier molecular flexibility index (Phi) is 10.1. The van der Waals surface area contributed by atoms with Gasteiger partial charge in [-0.1, -0.05) is 29.3 Å². The molecule has 3 amide bonds. The van der Waals surface area contributed by atoms with Crippen LogP contribution in [0.5, 0.6) is 0 Å². The quantitative estimate of drug-likeness (QED) is 0.416. The van der Waals surface area contributed by atoms with E-state index in [1.807, 2.05) is 19.1 Å². The molecule has 2 atom stereocenters. The molecular weight excluding hydrogens is 495 g/mol. The number of hydrogen-bond acceptors (Lipinski definition) is 8. The number of urea groups is 1. The molecule has 2 aliphatic heterocycles. The van der Waals surface area contributed by atoms with Crippen LogP contribution in [0.1, 0.15) is 12.5 Å². The van der Waals surface area contributed by atoms with Crippen molar-refractivity contribution in [1.82, 2.24) is 26.3 Å². The van der Waals surface area contributed by atoms with Crippen LogP contribution >= 0.6 is 46.7 Å². The number of hydrogen-bond donors (Lipinski definition) is 4. The van der Waals surface area contributed by atoms with Gasteiger partial charge in [-0.2, -0.15) is 5.10 Å². The zero-order valence-electron chi connectivity index (χ0n) is 17.5. The molecule has 4 N–H and O–H groups in total. The lowest BCUT2D eigenvalue weighted by Crippen LogP contribution is -2.47. The first-order valence-electron chi connectivity index (χ1n) is 10.1. The predicted octanol–water partition coefficient (Wildman–Crippen LogP) is 2.25. The van der Waals surface area contributed by atoms with Crippen LogP contribution in [0.3, 0.4) is 0 Å². The number of amidine groups is 1. The molecule has 0 aromatic heterocycles. The number of benzene rings is 1. The maximum absolute atomic E-state index is 12.2. The number of amides is 3. The lowest BCUT2D eigenvalue weighted by Gasteiger charge is -2.33. The number of carbonyl (C=O) groups excluding carboxylic acids is 2. The van der Waals surface area contributed by atoms with Gasteiger partial charge < -0.3 is 15.4 Å². The molecule has 1 unspecified atom stereocenters. The zero-order chi connectivity index (χ0) is 22.9. The molecule has 32 heavy (non-hydrogen) atoms. The van der Waals surface area contributed by atoms with Crippen molar-refractivity contribution in [3.63, 3.8) is 0 Å². The standard InChI is InChI=1S/C19H26Cl2N6O3S2/c1-2-22-17(29)24-18-25-26-19(32-18)31-11-16(28)23-8-13-10-27(5-6-30-13)9-12-3-4-14(20)15(21)7-12/h3-4,7,13,19,26H,2,5-6,8-11H2,1H3,(H,23,28)(H2,22,24,25,29)/t13-,19?/m0/s1. The number of ether oxygens (including phenoxy) is 1. The molecule has 0 aliphatic carbocycles. The Morgan fingerprint density at radius 2 is 2.19 bits per heavy atom. The van der Waals surface area contributed by atoms with Gasteiger partial charge >= 0.3 is 6.03 Å². The first-order chi connectivity index (χ1) is 15.4. The van der Waals surface area contributed by atoms with Gasteiger partial charge in [-0.3, -0.25) is 20.4 Å². The number of nitrogens with zero attached hydrogens (tertiary/aromatic N) is 2. The SMILES string of the molecule is CCNC(=O)NC1=NNC(SCC(=O)NC[C@H]2CN(Cc3ccc(Cl)c(Cl)c3)CCO2)S1. The van der Waals surface area contributed by atoms with Crippen molar-refractivity contribution < 1.29 is 14.3 Å². The van der Waals surface area contributed by atoms with E-state index >= 15 is 0 Å². The number of rotatable bonds is 8. The topological polar surface area (TPSA) is 107 Å². The summed E-state index contributed by atoms with van der Waals surface area (Å²) in [5, 5.41) is 13.8. The van der Waals surface area contributed by atoms with Crippen LogP contribution in [-0.4, -0.2) is 71.4 Å². The highest BCUT2D eigenvalue weighted by molar-refractivity contribution is 8.25. The van der Waals surface area contributed by atoms with Crippen LogP contribution in [0.15, 0.2) is 23.3 Å². The number of halogens is 2. The summed E-state index contributed by atoms with van der Waals surface area (Å²) in [6.07, 6.45) is -0.0735. The zero-order valence-corrected chi connectivity index (χ0v) is 20.7. The summed E-state index contributed by atoms with van der Waals surface area (Å²) in [5.74, 6) is 0.196. The highest BCUT2D eigenvalue weighted by Gasteiger charge is 2.24. The molecule has 0 saturated carbocycles. The first-order valence-corrected chi connectivity index (χ1v) is 12.8. The van der Waals surface area contributed by atoms with Crippen molar-refractivity contribution in [3.05, 3.63) is 33.8 Å². The van der Waals surface area contributed by atoms with Crippen LogP contribution in [0, 0.1) is 0 Å². The van der Waals surface area contributed by atoms with E-state index < -0.39 is 0 Å². The van der Waals surface area contributed by atoms with E-state index in [9.17, 15) is 9.59 Å². The monoisotopic (exact) mass is 520 g/mol. The second-order valence-corrected chi connectivity index (χ2v) is 10.4. The van der Waals surface area contributed by atoms with E-state index in [2.05, 4.69) is 31.4 Å². The van der Waals surface area contributed by atoms with Gasteiger partial charge in [0.2, 0.25) is 5.91 Å². The molecule has 9 nitrogen and oxygen atoms in total. The van der Waals surface area contributed by atoms with Crippen LogP contribution < -0.4 is 21.4 Å². The number of thioether (sulfide) groups is 2. The van der Waals surface area contributed by atoms with Gasteiger partial charge in [-0.15, -0.1) is 11.8 Å². The van der Waals surface area contributed by atoms with E-state index in [0.717, 1.165) is 25.2 Å². The maximum Gasteiger partial charge on any atom is 0.320 e. The summed E-state index contributed by atoms with van der Waals surface area (Å²) in [7, 11) is 0. The molecule has 176 valence electrons. The molecule has 1 fully saturated rings. The second-order valence-electron chi connectivity index (χ2n) is 7.07. The van der Waals surface area contributed by atoms with Crippen LogP contribution in [0.2, 0.25) is 10.0 Å². The first kappa shape index (κ1) is 25.3. The van der Waals surface area contributed by atoms with Gasteiger partial charge in [0.15, 0.2) is 5.17 Å². The van der Waals surface area contributed by atoms with E-state index in [1.165, 1.54) is 23.5 Å². The lowest BCUT2D eigenvalue weighted by molar-refractivity contribution is -0.119. The average molecular weight is 521 g/mol. The van der Waals surface area contributed by atoms with Crippen LogP contribution in [0.25, 0.3) is 0 Å². The Balaban J connectivity index is 1.32. The van der Waals surface area contributed by atoms with Gasteiger partial charge in [-0.05, 0) is 36.4 Å². The minimum absolute atomic E-state index is 0.0735. The Morgan fingerprint density at radius 1 is 1.34 bits per heavy atom. The van der Waals surface area contributed by atoms with Gasteiger partial charge in [0, 0.05) is 32.7 Å². The Hall–Kier alpha value is -1.37. The summed E-state index contributed by atoms with van der Waals surface area (Å²) < 4.78 is 5.66. The highest BCUT2D eigenvalue weighted by Crippen LogP contribution is 2.26. The fourth-order valence-corrected chi connectivity index (χ4v) is 5.24. The largest absolute Gasteiger partial charge is 0.374 e. The van der Waals surface area contributed by atoms with Crippen molar-refractivity contribution in [3.8, 4) is 0 Å². The minimum Gasteiger partial charge on any atom is -0.374 e. The smallest absolute Gasteiger partial charge is 0.320 e. The summed E-state index contributed by atoms with van der Waals surface area (Å²) >= 11 is 14.9. The minimum atomic E-state index is -0.301. The number of nitrogens with one attached hydrogen (secondary N) is 4.